The number of primary amides is 1. The molecule has 1 aliphatic heterocycles. The van der Waals surface area contributed by atoms with Gasteiger partial charge in [-0.3, -0.25) is 4.99 Å². The van der Waals surface area contributed by atoms with E-state index in [0.29, 0.717) is 0 Å². The summed E-state index contributed by atoms with van der Waals surface area (Å²) in [5.41, 5.74) is 4.03. The molecular weight excluding hydrogens is 196 g/mol. The lowest BCUT2D eigenvalue weighted by Crippen LogP contribution is -2.32. The van der Waals surface area contributed by atoms with Crippen LogP contribution in [0.15, 0.2) is 9.98 Å². The number of aliphatic imine (C=N–C) groups is 2. The number of rotatable bonds is 3. The van der Waals surface area contributed by atoms with Crippen molar-refractivity contribution in [2.75, 3.05) is 13.2 Å². The molecule has 15 heavy (non-hydrogen) atoms. The van der Waals surface area contributed by atoms with Gasteiger partial charge in [-0.2, -0.15) is 0 Å². The number of nitrogens with zero attached hydrogens (tertiary/aromatic N) is 3. The van der Waals surface area contributed by atoms with Crippen LogP contribution in [-0.4, -0.2) is 41.5 Å². The van der Waals surface area contributed by atoms with Crippen LogP contribution in [0, 0.1) is 0 Å². The second-order valence-corrected chi connectivity index (χ2v) is 3.07. The normalized spacial score (nSPS) is 14.0. The van der Waals surface area contributed by atoms with Crippen molar-refractivity contribution in [2.45, 2.75) is 26.7 Å². The predicted molar refractivity (Wildman–Crippen MR) is 60.3 cm³/mol. The molecule has 0 aromatic carbocycles. The predicted octanol–water partition coefficient (Wildman–Crippen LogP) is 1.13. The van der Waals surface area contributed by atoms with E-state index in [2.05, 4.69) is 27.5 Å². The summed E-state index contributed by atoms with van der Waals surface area (Å²) in [6.07, 6.45) is 2.76. The van der Waals surface area contributed by atoms with E-state index in [1.807, 2.05) is 6.92 Å². The molecular formula is C9H18N4O2. The third-order valence-corrected chi connectivity index (χ3v) is 1.82. The molecule has 0 saturated carbocycles. The van der Waals surface area contributed by atoms with E-state index < -0.39 is 6.09 Å². The molecule has 0 unspecified atom stereocenters. The Bertz CT molecular complexity index is 246. The van der Waals surface area contributed by atoms with Crippen molar-refractivity contribution in [3.05, 3.63) is 0 Å². The first-order valence-electron chi connectivity index (χ1n) is 4.84. The Morgan fingerprint density at radius 3 is 2.80 bits per heavy atom. The molecule has 86 valence electrons. The highest BCUT2D eigenvalue weighted by Crippen LogP contribution is 1.99. The van der Waals surface area contributed by atoms with Crippen LogP contribution in [0.4, 0.5) is 4.79 Å². The number of amides is 1. The lowest BCUT2D eigenvalue weighted by atomic mass is 10.3. The molecule has 0 aromatic rings. The Kier molecular flexibility index (Phi) is 6.96. The Balaban J connectivity index is 0.000000423. The number of carboxylic acid groups (broad SMARTS) is 1. The minimum atomic E-state index is -1.33. The van der Waals surface area contributed by atoms with Gasteiger partial charge in [0.2, 0.25) is 0 Å². The molecule has 3 N–H and O–H groups in total. The van der Waals surface area contributed by atoms with Gasteiger partial charge in [0.05, 0.1) is 0 Å². The monoisotopic (exact) mass is 214 g/mol. The van der Waals surface area contributed by atoms with E-state index in [-0.39, 0.29) is 0 Å². The molecule has 0 aliphatic carbocycles. The van der Waals surface area contributed by atoms with Crippen LogP contribution in [0.25, 0.3) is 0 Å². The third kappa shape index (κ3) is 7.48. The fourth-order valence-corrected chi connectivity index (χ4v) is 1.02. The first kappa shape index (κ1) is 13.4. The van der Waals surface area contributed by atoms with Crippen LogP contribution in [-0.2, 0) is 0 Å². The topological polar surface area (TPSA) is 91.3 Å². The zero-order valence-corrected chi connectivity index (χ0v) is 9.18. The Hall–Kier alpha value is -1.59. The lowest BCUT2D eigenvalue weighted by Gasteiger charge is -2.23. The average Bonchev–Trinajstić information content (AvgIpc) is 2.16. The van der Waals surface area contributed by atoms with Crippen molar-refractivity contribution >= 4 is 18.3 Å². The molecule has 6 heteroatoms. The molecule has 1 aliphatic rings. The minimum Gasteiger partial charge on any atom is -0.465 e. The van der Waals surface area contributed by atoms with E-state index in [9.17, 15) is 0 Å². The van der Waals surface area contributed by atoms with E-state index in [4.69, 9.17) is 9.90 Å². The van der Waals surface area contributed by atoms with Gasteiger partial charge in [0.1, 0.15) is 18.8 Å². The highest BCUT2D eigenvalue weighted by molar-refractivity contribution is 5.88. The van der Waals surface area contributed by atoms with Crippen LogP contribution in [0.2, 0.25) is 0 Å². The number of carbonyl (C=O) groups is 1. The summed E-state index contributed by atoms with van der Waals surface area (Å²) in [7, 11) is 0. The number of hydrogen-bond acceptors (Lipinski definition) is 4. The van der Waals surface area contributed by atoms with Crippen molar-refractivity contribution in [3.63, 3.8) is 0 Å². The van der Waals surface area contributed by atoms with E-state index in [0.717, 1.165) is 19.0 Å². The fourth-order valence-electron chi connectivity index (χ4n) is 1.02. The van der Waals surface area contributed by atoms with Crippen molar-refractivity contribution in [1.82, 2.24) is 4.90 Å². The minimum absolute atomic E-state index is 0.787. The third-order valence-electron chi connectivity index (χ3n) is 1.82. The second-order valence-electron chi connectivity index (χ2n) is 3.07. The summed E-state index contributed by atoms with van der Waals surface area (Å²) in [6.45, 7) is 6.10. The smallest absolute Gasteiger partial charge is 0.402 e. The molecule has 0 radical (unpaired) electrons. The zero-order chi connectivity index (χ0) is 11.7. The van der Waals surface area contributed by atoms with Gasteiger partial charge in [0, 0.05) is 6.54 Å². The van der Waals surface area contributed by atoms with Crippen LogP contribution in [0.3, 0.4) is 0 Å². The van der Waals surface area contributed by atoms with Gasteiger partial charge in [-0.15, -0.1) is 0 Å². The van der Waals surface area contributed by atoms with Gasteiger partial charge in [-0.1, -0.05) is 13.3 Å². The van der Waals surface area contributed by atoms with Crippen LogP contribution < -0.4 is 5.73 Å². The van der Waals surface area contributed by atoms with Crippen molar-refractivity contribution in [3.8, 4) is 0 Å². The molecule has 0 bridgehead atoms. The summed E-state index contributed by atoms with van der Waals surface area (Å²) >= 11 is 0. The molecule has 0 spiro atoms. The fraction of sp³-hybridized carbons (Fsp3) is 0.667. The second kappa shape index (κ2) is 7.78. The summed E-state index contributed by atoms with van der Waals surface area (Å²) < 4.78 is 0. The molecule has 1 amide bonds. The highest BCUT2D eigenvalue weighted by Gasteiger charge is 2.06. The van der Waals surface area contributed by atoms with E-state index in [1.54, 1.807) is 6.34 Å². The summed E-state index contributed by atoms with van der Waals surface area (Å²) in [4.78, 5) is 19.2. The lowest BCUT2D eigenvalue weighted by molar-refractivity contribution is 0.205. The van der Waals surface area contributed by atoms with Gasteiger partial charge >= 0.3 is 6.09 Å². The summed E-state index contributed by atoms with van der Waals surface area (Å²) in [6, 6.07) is 0. The standard InChI is InChI=1S/C8H15N3.CH3NO2/c1-3-4-5-11-7-9-6-10-8(11)2;2-1(3)4/h6H,3-5,7H2,1-2H3;2H2,(H,3,4). The largest absolute Gasteiger partial charge is 0.465 e. The van der Waals surface area contributed by atoms with Crippen LogP contribution in [0.5, 0.6) is 0 Å². The maximum Gasteiger partial charge on any atom is 0.402 e. The molecule has 0 saturated heterocycles. The number of hydrogen-bond donors (Lipinski definition) is 2. The maximum absolute atomic E-state index is 8.78. The van der Waals surface area contributed by atoms with Crippen molar-refractivity contribution < 1.29 is 9.90 Å². The van der Waals surface area contributed by atoms with Gasteiger partial charge < -0.3 is 15.7 Å². The molecule has 0 fully saturated rings. The van der Waals surface area contributed by atoms with E-state index >= 15 is 0 Å². The molecule has 0 atom stereocenters. The number of nitrogens with two attached hydrogens (primary N) is 1. The number of unbranched alkanes of at least 4 members (excludes halogenated alkanes) is 1. The average molecular weight is 214 g/mol. The summed E-state index contributed by atoms with van der Waals surface area (Å²) in [5, 5.41) is 7.19. The van der Waals surface area contributed by atoms with E-state index in [1.165, 1.54) is 12.8 Å². The quantitative estimate of drug-likeness (QED) is 0.737. The SMILES string of the molecule is CCCCN1CN=CN=C1C.NC(=O)O. The molecule has 6 nitrogen and oxygen atoms in total. The Morgan fingerprint density at radius 1 is 1.73 bits per heavy atom. The zero-order valence-electron chi connectivity index (χ0n) is 9.18. The first-order chi connectivity index (χ1) is 7.07. The van der Waals surface area contributed by atoms with Gasteiger partial charge in [-0.05, 0) is 13.3 Å². The van der Waals surface area contributed by atoms with Crippen molar-refractivity contribution in [2.24, 2.45) is 15.7 Å². The maximum atomic E-state index is 8.78. The highest BCUT2D eigenvalue weighted by atomic mass is 16.4. The van der Waals surface area contributed by atoms with Gasteiger partial charge in [-0.25, -0.2) is 9.79 Å². The Labute approximate surface area is 89.5 Å². The summed E-state index contributed by atoms with van der Waals surface area (Å²) in [5.74, 6) is 1.09. The Morgan fingerprint density at radius 2 is 2.33 bits per heavy atom. The molecule has 1 heterocycles. The van der Waals surface area contributed by atoms with Gasteiger partial charge in [0.25, 0.3) is 0 Å². The molecule has 1 rings (SSSR count). The van der Waals surface area contributed by atoms with Crippen LogP contribution >= 0.6 is 0 Å². The van der Waals surface area contributed by atoms with Gasteiger partial charge in [0.15, 0.2) is 0 Å². The van der Waals surface area contributed by atoms with Crippen molar-refractivity contribution in [1.29, 1.82) is 0 Å². The first-order valence-corrected chi connectivity index (χ1v) is 4.84. The number of amidine groups is 1. The molecule has 0 aromatic heterocycles. The van der Waals surface area contributed by atoms with Crippen LogP contribution in [0.1, 0.15) is 26.7 Å².